The minimum atomic E-state index is -3.56. The van der Waals surface area contributed by atoms with Crippen LogP contribution < -0.4 is 10.5 Å². The monoisotopic (exact) mass is 314 g/mol. The van der Waals surface area contributed by atoms with Crippen molar-refractivity contribution >= 4 is 21.4 Å². The highest BCUT2D eigenvalue weighted by Gasteiger charge is 2.16. The Morgan fingerprint density at radius 1 is 1.25 bits per heavy atom. The summed E-state index contributed by atoms with van der Waals surface area (Å²) in [6.07, 6.45) is 0.657. The van der Waals surface area contributed by atoms with Crippen LogP contribution in [0.1, 0.15) is 10.4 Å². The molecule has 108 valence electrons. The molecular formula is C13H15FN2O2S2. The molecule has 3 N–H and O–H groups in total. The number of benzene rings is 1. The lowest BCUT2D eigenvalue weighted by molar-refractivity contribution is 0.582. The largest absolute Gasteiger partial charge is 0.330 e. The zero-order valence-corrected chi connectivity index (χ0v) is 12.3. The van der Waals surface area contributed by atoms with E-state index in [9.17, 15) is 12.8 Å². The van der Waals surface area contributed by atoms with Crippen LogP contribution in [0.15, 0.2) is 40.6 Å². The van der Waals surface area contributed by atoms with Gasteiger partial charge in [0.25, 0.3) is 0 Å². The van der Waals surface area contributed by atoms with Gasteiger partial charge in [0.2, 0.25) is 10.0 Å². The van der Waals surface area contributed by atoms with Crippen LogP contribution in [0.5, 0.6) is 0 Å². The van der Waals surface area contributed by atoms with Gasteiger partial charge in [-0.25, -0.2) is 17.5 Å². The van der Waals surface area contributed by atoms with E-state index in [1.807, 2.05) is 0 Å². The van der Waals surface area contributed by atoms with E-state index in [1.165, 1.54) is 23.5 Å². The number of halogens is 1. The van der Waals surface area contributed by atoms with E-state index in [1.54, 1.807) is 24.3 Å². The van der Waals surface area contributed by atoms with E-state index in [2.05, 4.69) is 4.72 Å². The average Bonchev–Trinajstić information content (AvgIpc) is 2.87. The number of nitrogens with two attached hydrogens (primary N) is 1. The van der Waals surface area contributed by atoms with E-state index in [0.29, 0.717) is 18.5 Å². The summed E-state index contributed by atoms with van der Waals surface area (Å²) in [6, 6.07) is 9.15. The Morgan fingerprint density at radius 3 is 2.75 bits per heavy atom. The fourth-order valence-electron chi connectivity index (χ4n) is 1.68. The zero-order valence-electron chi connectivity index (χ0n) is 10.7. The summed E-state index contributed by atoms with van der Waals surface area (Å²) in [7, 11) is -3.56. The normalized spacial score (nSPS) is 11.7. The van der Waals surface area contributed by atoms with Gasteiger partial charge in [0.05, 0.1) is 0 Å². The van der Waals surface area contributed by atoms with Crippen molar-refractivity contribution in [2.45, 2.75) is 17.2 Å². The first-order valence-corrected chi connectivity index (χ1v) is 8.34. The van der Waals surface area contributed by atoms with Gasteiger partial charge in [-0.2, -0.15) is 0 Å². The molecule has 1 aromatic carbocycles. The van der Waals surface area contributed by atoms with Crippen molar-refractivity contribution in [3.63, 3.8) is 0 Å². The summed E-state index contributed by atoms with van der Waals surface area (Å²) in [5.74, 6) is -0.386. The van der Waals surface area contributed by atoms with E-state index < -0.39 is 10.0 Å². The van der Waals surface area contributed by atoms with Gasteiger partial charge in [0.15, 0.2) is 0 Å². The highest BCUT2D eigenvalue weighted by molar-refractivity contribution is 7.91. The van der Waals surface area contributed by atoms with Crippen molar-refractivity contribution in [3.8, 4) is 0 Å². The predicted molar refractivity (Wildman–Crippen MR) is 77.5 cm³/mol. The molecule has 0 radical (unpaired) electrons. The van der Waals surface area contributed by atoms with Gasteiger partial charge in [-0.15, -0.1) is 11.3 Å². The Labute approximate surface area is 121 Å². The van der Waals surface area contributed by atoms with Gasteiger partial charge in [-0.05, 0) is 42.8 Å². The second-order valence-electron chi connectivity index (χ2n) is 4.21. The Hall–Kier alpha value is -1.28. The quantitative estimate of drug-likeness (QED) is 0.855. The molecule has 0 unspecified atom stereocenters. The number of nitrogens with one attached hydrogen (secondary N) is 1. The van der Waals surface area contributed by atoms with Gasteiger partial charge >= 0.3 is 0 Å². The van der Waals surface area contributed by atoms with E-state index in [-0.39, 0.29) is 16.6 Å². The number of sulfonamides is 1. The molecule has 0 aliphatic carbocycles. The predicted octanol–water partition coefficient (Wildman–Crippen LogP) is 1.87. The Bertz CT molecular complexity index is 683. The molecule has 0 fully saturated rings. The second-order valence-corrected chi connectivity index (χ2v) is 7.38. The SMILES string of the molecule is NCCc1ccc(S(=O)(=O)NCc2cccc(F)c2)s1. The van der Waals surface area contributed by atoms with Crippen molar-refractivity contribution in [3.05, 3.63) is 52.7 Å². The number of hydrogen-bond acceptors (Lipinski definition) is 4. The lowest BCUT2D eigenvalue weighted by Crippen LogP contribution is -2.22. The molecule has 1 heterocycles. The van der Waals surface area contributed by atoms with Crippen LogP contribution in [0, 0.1) is 5.82 Å². The Morgan fingerprint density at radius 2 is 2.05 bits per heavy atom. The maximum atomic E-state index is 13.0. The van der Waals surface area contributed by atoms with Crippen molar-refractivity contribution in [2.75, 3.05) is 6.54 Å². The third-order valence-electron chi connectivity index (χ3n) is 2.65. The molecule has 2 aromatic rings. The first-order valence-electron chi connectivity index (χ1n) is 6.04. The van der Waals surface area contributed by atoms with E-state index >= 15 is 0 Å². The average molecular weight is 314 g/mol. The molecule has 0 saturated carbocycles. The summed E-state index contributed by atoms with van der Waals surface area (Å²) >= 11 is 1.20. The van der Waals surface area contributed by atoms with Gasteiger partial charge in [-0.1, -0.05) is 12.1 Å². The van der Waals surface area contributed by atoms with Crippen molar-refractivity contribution < 1.29 is 12.8 Å². The summed E-state index contributed by atoms with van der Waals surface area (Å²) in [4.78, 5) is 0.929. The zero-order chi connectivity index (χ0) is 14.6. The molecule has 7 heteroatoms. The topological polar surface area (TPSA) is 72.2 Å². The fourth-order valence-corrected chi connectivity index (χ4v) is 4.11. The molecule has 0 bridgehead atoms. The van der Waals surface area contributed by atoms with Crippen LogP contribution in [0.4, 0.5) is 4.39 Å². The number of thiophene rings is 1. The molecule has 20 heavy (non-hydrogen) atoms. The molecular weight excluding hydrogens is 299 g/mol. The van der Waals surface area contributed by atoms with Gasteiger partial charge < -0.3 is 5.73 Å². The van der Waals surface area contributed by atoms with Crippen molar-refractivity contribution in [1.29, 1.82) is 0 Å². The van der Waals surface area contributed by atoms with Crippen LogP contribution in [0.25, 0.3) is 0 Å². The summed E-state index contributed by atoms with van der Waals surface area (Å²) in [5.41, 5.74) is 6.01. The highest BCUT2D eigenvalue weighted by atomic mass is 32.2. The number of hydrogen-bond donors (Lipinski definition) is 2. The first kappa shape index (κ1) is 15.1. The lowest BCUT2D eigenvalue weighted by Gasteiger charge is -2.05. The molecule has 0 amide bonds. The minimum Gasteiger partial charge on any atom is -0.330 e. The van der Waals surface area contributed by atoms with Crippen molar-refractivity contribution in [2.24, 2.45) is 5.73 Å². The third kappa shape index (κ3) is 3.86. The highest BCUT2D eigenvalue weighted by Crippen LogP contribution is 2.21. The molecule has 0 atom stereocenters. The molecule has 4 nitrogen and oxygen atoms in total. The van der Waals surface area contributed by atoms with E-state index in [4.69, 9.17) is 5.73 Å². The van der Waals surface area contributed by atoms with E-state index in [0.717, 1.165) is 4.88 Å². The lowest BCUT2D eigenvalue weighted by atomic mass is 10.2. The third-order valence-corrected chi connectivity index (χ3v) is 5.69. The summed E-state index contributed by atoms with van der Waals surface area (Å²) in [6.45, 7) is 0.543. The Balaban J connectivity index is 2.06. The Kier molecular flexibility index (Phi) is 4.87. The maximum Gasteiger partial charge on any atom is 0.250 e. The van der Waals surface area contributed by atoms with Crippen molar-refractivity contribution in [1.82, 2.24) is 4.72 Å². The smallest absolute Gasteiger partial charge is 0.250 e. The van der Waals surface area contributed by atoms with Crippen LogP contribution in [0.2, 0.25) is 0 Å². The van der Waals surface area contributed by atoms with Crippen LogP contribution >= 0.6 is 11.3 Å². The standard InChI is InChI=1S/C13H15FN2O2S2/c14-11-3-1-2-10(8-11)9-16-20(17,18)13-5-4-12(19-13)6-7-15/h1-5,8,16H,6-7,9,15H2. The molecule has 0 aliphatic rings. The molecule has 0 aliphatic heterocycles. The van der Waals surface area contributed by atoms with Gasteiger partial charge in [-0.3, -0.25) is 0 Å². The molecule has 0 spiro atoms. The molecule has 2 rings (SSSR count). The van der Waals surface area contributed by atoms with Crippen LogP contribution in [0.3, 0.4) is 0 Å². The summed E-state index contributed by atoms with van der Waals surface area (Å²) < 4.78 is 39.9. The fraction of sp³-hybridized carbons (Fsp3) is 0.231. The summed E-state index contributed by atoms with van der Waals surface area (Å²) in [5, 5.41) is 0. The minimum absolute atomic E-state index is 0.0597. The first-order chi connectivity index (χ1) is 9.51. The maximum absolute atomic E-state index is 13.0. The van der Waals surface area contributed by atoms with Gasteiger partial charge in [0.1, 0.15) is 10.0 Å². The van der Waals surface area contributed by atoms with Crippen LogP contribution in [-0.4, -0.2) is 15.0 Å². The van der Waals surface area contributed by atoms with Crippen LogP contribution in [-0.2, 0) is 23.0 Å². The molecule has 0 saturated heterocycles. The second kappa shape index (κ2) is 6.45. The van der Waals surface area contributed by atoms with Gasteiger partial charge in [0, 0.05) is 11.4 Å². The molecule has 1 aromatic heterocycles. The number of rotatable bonds is 6.